The molecular weight excluding hydrogens is 232 g/mol. The van der Waals surface area contributed by atoms with Crippen LogP contribution in [0, 0.1) is 5.41 Å². The zero-order chi connectivity index (χ0) is 13.8. The maximum atomic E-state index is 12.0. The molecule has 0 aromatic rings. The number of carboxylic acids is 1. The molecule has 18 heavy (non-hydrogen) atoms. The number of urea groups is 1. The summed E-state index contributed by atoms with van der Waals surface area (Å²) in [4.78, 5) is 24.2. The van der Waals surface area contributed by atoms with Gasteiger partial charge < -0.3 is 15.3 Å². The molecular formula is C13H24N2O3. The Bertz CT molecular complexity index is 311. The highest BCUT2D eigenvalue weighted by atomic mass is 16.4. The number of amides is 2. The van der Waals surface area contributed by atoms with Gasteiger partial charge in [0.2, 0.25) is 0 Å². The number of carbonyl (C=O) groups excluding carboxylic acids is 1. The molecule has 0 unspecified atom stereocenters. The van der Waals surface area contributed by atoms with E-state index < -0.39 is 5.97 Å². The van der Waals surface area contributed by atoms with Gasteiger partial charge in [0, 0.05) is 19.1 Å². The molecule has 0 radical (unpaired) electrons. The van der Waals surface area contributed by atoms with E-state index in [1.807, 2.05) is 13.8 Å². The molecule has 2 amide bonds. The van der Waals surface area contributed by atoms with E-state index in [2.05, 4.69) is 12.2 Å². The molecule has 1 aliphatic carbocycles. The van der Waals surface area contributed by atoms with Crippen molar-refractivity contribution in [3.8, 4) is 0 Å². The topological polar surface area (TPSA) is 69.6 Å². The molecule has 5 heteroatoms. The van der Waals surface area contributed by atoms with Crippen molar-refractivity contribution in [2.24, 2.45) is 5.41 Å². The highest BCUT2D eigenvalue weighted by Crippen LogP contribution is 2.47. The van der Waals surface area contributed by atoms with Crippen LogP contribution < -0.4 is 5.32 Å². The Labute approximate surface area is 109 Å². The SMILES string of the molecule is CCC1(CNC(=O)N(CCC(=O)O)C(C)C)CC1. The van der Waals surface area contributed by atoms with Crippen molar-refractivity contribution in [2.45, 2.75) is 52.5 Å². The molecule has 0 saturated heterocycles. The lowest BCUT2D eigenvalue weighted by Crippen LogP contribution is -2.46. The van der Waals surface area contributed by atoms with Crippen LogP contribution in [0.2, 0.25) is 0 Å². The van der Waals surface area contributed by atoms with Crippen molar-refractivity contribution in [1.29, 1.82) is 0 Å². The molecule has 104 valence electrons. The summed E-state index contributed by atoms with van der Waals surface area (Å²) in [5.41, 5.74) is 0.311. The maximum absolute atomic E-state index is 12.0. The fourth-order valence-electron chi connectivity index (χ4n) is 2.01. The Morgan fingerprint density at radius 3 is 2.39 bits per heavy atom. The van der Waals surface area contributed by atoms with Gasteiger partial charge in [0.05, 0.1) is 6.42 Å². The van der Waals surface area contributed by atoms with Crippen LogP contribution >= 0.6 is 0 Å². The summed E-state index contributed by atoms with van der Waals surface area (Å²) < 4.78 is 0. The third-order valence-electron chi connectivity index (χ3n) is 3.77. The predicted octanol–water partition coefficient (Wildman–Crippen LogP) is 2.07. The van der Waals surface area contributed by atoms with Gasteiger partial charge in [0.25, 0.3) is 0 Å². The average Bonchev–Trinajstić information content (AvgIpc) is 3.06. The third-order valence-corrected chi connectivity index (χ3v) is 3.77. The van der Waals surface area contributed by atoms with E-state index in [0.29, 0.717) is 12.0 Å². The maximum Gasteiger partial charge on any atom is 0.317 e. The van der Waals surface area contributed by atoms with Gasteiger partial charge in [-0.3, -0.25) is 4.79 Å². The van der Waals surface area contributed by atoms with Crippen molar-refractivity contribution in [3.05, 3.63) is 0 Å². The summed E-state index contributed by atoms with van der Waals surface area (Å²) in [5.74, 6) is -0.874. The predicted molar refractivity (Wildman–Crippen MR) is 69.5 cm³/mol. The number of aliphatic carboxylic acids is 1. The second-order valence-electron chi connectivity index (χ2n) is 5.44. The number of carboxylic acid groups (broad SMARTS) is 1. The first-order valence-corrected chi connectivity index (χ1v) is 6.66. The van der Waals surface area contributed by atoms with Gasteiger partial charge in [-0.2, -0.15) is 0 Å². The molecule has 2 N–H and O–H groups in total. The van der Waals surface area contributed by atoms with Crippen molar-refractivity contribution in [3.63, 3.8) is 0 Å². The van der Waals surface area contributed by atoms with E-state index in [-0.39, 0.29) is 25.0 Å². The highest BCUT2D eigenvalue weighted by molar-refractivity contribution is 5.75. The average molecular weight is 256 g/mol. The molecule has 1 fully saturated rings. The smallest absolute Gasteiger partial charge is 0.317 e. The second kappa shape index (κ2) is 6.07. The molecule has 5 nitrogen and oxygen atoms in total. The Morgan fingerprint density at radius 2 is 2.00 bits per heavy atom. The third kappa shape index (κ3) is 4.20. The van der Waals surface area contributed by atoms with Crippen molar-refractivity contribution in [1.82, 2.24) is 10.2 Å². The summed E-state index contributed by atoms with van der Waals surface area (Å²) in [5, 5.41) is 11.6. The quantitative estimate of drug-likeness (QED) is 0.732. The minimum absolute atomic E-state index is 0.00940. The summed E-state index contributed by atoms with van der Waals surface area (Å²) in [6.07, 6.45) is 3.44. The second-order valence-corrected chi connectivity index (χ2v) is 5.44. The van der Waals surface area contributed by atoms with E-state index in [9.17, 15) is 9.59 Å². The van der Waals surface area contributed by atoms with Gasteiger partial charge in [-0.1, -0.05) is 6.92 Å². The van der Waals surface area contributed by atoms with E-state index in [0.717, 1.165) is 6.42 Å². The summed E-state index contributed by atoms with van der Waals surface area (Å²) in [6.45, 7) is 6.91. The van der Waals surface area contributed by atoms with E-state index in [4.69, 9.17) is 5.11 Å². The van der Waals surface area contributed by atoms with Crippen molar-refractivity contribution >= 4 is 12.0 Å². The molecule has 0 bridgehead atoms. The first-order valence-electron chi connectivity index (χ1n) is 6.66. The number of hydrogen-bond acceptors (Lipinski definition) is 2. The number of nitrogens with one attached hydrogen (secondary N) is 1. The van der Waals surface area contributed by atoms with E-state index in [1.54, 1.807) is 4.90 Å². The highest BCUT2D eigenvalue weighted by Gasteiger charge is 2.40. The monoisotopic (exact) mass is 256 g/mol. The Kier molecular flexibility index (Phi) is 4.99. The molecule has 0 spiro atoms. The van der Waals surface area contributed by atoms with Crippen LogP contribution in [0.4, 0.5) is 4.79 Å². The zero-order valence-corrected chi connectivity index (χ0v) is 11.5. The van der Waals surface area contributed by atoms with Crippen LogP contribution in [-0.4, -0.2) is 41.1 Å². The zero-order valence-electron chi connectivity index (χ0n) is 11.5. The number of nitrogens with zero attached hydrogens (tertiary/aromatic N) is 1. The molecule has 0 heterocycles. The fraction of sp³-hybridized carbons (Fsp3) is 0.846. The normalized spacial score (nSPS) is 16.4. The number of carbonyl (C=O) groups is 2. The van der Waals surface area contributed by atoms with Gasteiger partial charge >= 0.3 is 12.0 Å². The van der Waals surface area contributed by atoms with E-state index >= 15 is 0 Å². The Balaban J connectivity index is 2.41. The van der Waals surface area contributed by atoms with Crippen LogP contribution in [0.3, 0.4) is 0 Å². The van der Waals surface area contributed by atoms with Gasteiger partial charge in [-0.15, -0.1) is 0 Å². The minimum Gasteiger partial charge on any atom is -0.481 e. The Hall–Kier alpha value is -1.26. The van der Waals surface area contributed by atoms with Crippen molar-refractivity contribution in [2.75, 3.05) is 13.1 Å². The standard InChI is InChI=1S/C13H24N2O3/c1-4-13(6-7-13)9-14-12(18)15(10(2)3)8-5-11(16)17/h10H,4-9H2,1-3H3,(H,14,18)(H,16,17). The van der Waals surface area contributed by atoms with Crippen LogP contribution in [-0.2, 0) is 4.79 Å². The van der Waals surface area contributed by atoms with Gasteiger partial charge in [-0.25, -0.2) is 4.79 Å². The van der Waals surface area contributed by atoms with Crippen molar-refractivity contribution < 1.29 is 14.7 Å². The minimum atomic E-state index is -0.874. The molecule has 0 aromatic heterocycles. The molecule has 0 atom stereocenters. The molecule has 1 rings (SSSR count). The lowest BCUT2D eigenvalue weighted by Gasteiger charge is -2.27. The number of hydrogen-bond donors (Lipinski definition) is 2. The lowest BCUT2D eigenvalue weighted by atomic mass is 10.0. The fourth-order valence-corrected chi connectivity index (χ4v) is 2.01. The molecule has 0 aliphatic heterocycles. The summed E-state index contributed by atoms with van der Waals surface area (Å²) in [6, 6.07) is -0.132. The van der Waals surface area contributed by atoms with Crippen LogP contribution in [0.5, 0.6) is 0 Å². The van der Waals surface area contributed by atoms with E-state index in [1.165, 1.54) is 12.8 Å². The largest absolute Gasteiger partial charge is 0.481 e. The molecule has 1 aliphatic rings. The molecule has 1 saturated carbocycles. The van der Waals surface area contributed by atoms with Crippen LogP contribution in [0.25, 0.3) is 0 Å². The summed E-state index contributed by atoms with van der Waals surface area (Å²) in [7, 11) is 0. The van der Waals surface area contributed by atoms with Gasteiger partial charge in [-0.05, 0) is 38.5 Å². The first-order chi connectivity index (χ1) is 8.40. The van der Waals surface area contributed by atoms with Crippen LogP contribution in [0.1, 0.15) is 46.5 Å². The molecule has 0 aromatic carbocycles. The van der Waals surface area contributed by atoms with Gasteiger partial charge in [0.15, 0.2) is 0 Å². The van der Waals surface area contributed by atoms with Gasteiger partial charge in [0.1, 0.15) is 0 Å². The first kappa shape index (κ1) is 14.8. The Morgan fingerprint density at radius 1 is 1.39 bits per heavy atom. The number of rotatable bonds is 7. The van der Waals surface area contributed by atoms with Crippen LogP contribution in [0.15, 0.2) is 0 Å². The summed E-state index contributed by atoms with van der Waals surface area (Å²) >= 11 is 0. The lowest BCUT2D eigenvalue weighted by molar-refractivity contribution is -0.137.